The third-order valence-corrected chi connectivity index (χ3v) is 5.41. The zero-order chi connectivity index (χ0) is 22.4. The molecule has 6 N–H and O–H groups in total. The number of hydrogen-bond acceptors (Lipinski definition) is 10. The highest BCUT2D eigenvalue weighted by atomic mass is 16.7. The maximum absolute atomic E-state index is 13.3. The van der Waals surface area contributed by atoms with Gasteiger partial charge in [0.1, 0.15) is 46.9 Å². The van der Waals surface area contributed by atoms with Crippen LogP contribution in [0, 0.1) is 0 Å². The fraction of sp³-hybridized carbons (Fsp3) is 0.381. The Morgan fingerprint density at radius 1 is 0.903 bits per heavy atom. The molecule has 10 heteroatoms. The number of ether oxygens (including phenoxy) is 3. The van der Waals surface area contributed by atoms with Crippen LogP contribution in [0.2, 0.25) is 0 Å². The number of aliphatic hydroxyl groups excluding tert-OH is 3. The number of Topliss-reactive ketones (excluding diaryl/α,β-unsaturated/α-hetero) is 1. The highest BCUT2D eigenvalue weighted by molar-refractivity contribution is 6.05. The summed E-state index contributed by atoms with van der Waals surface area (Å²) in [6.45, 7) is 1.47. The first-order valence-electron chi connectivity index (χ1n) is 9.58. The summed E-state index contributed by atoms with van der Waals surface area (Å²) < 4.78 is 17.0. The van der Waals surface area contributed by atoms with Gasteiger partial charge in [-0.2, -0.15) is 0 Å². The lowest BCUT2D eigenvalue weighted by Crippen LogP contribution is -2.59. The predicted octanol–water partition coefficient (Wildman–Crippen LogP) is 0.332. The minimum atomic E-state index is -1.66. The summed E-state index contributed by atoms with van der Waals surface area (Å²) in [4.78, 5) is 13.3. The molecule has 0 spiro atoms. The van der Waals surface area contributed by atoms with E-state index in [4.69, 9.17) is 14.2 Å². The molecule has 0 aromatic heterocycles. The molecule has 166 valence electrons. The number of phenolic OH excluding ortho intramolecular Hbond substituents is 3. The normalized spacial score (nSPS) is 32.9. The second-order valence-corrected chi connectivity index (χ2v) is 7.57. The molecule has 0 bridgehead atoms. The minimum Gasteiger partial charge on any atom is -0.508 e. The number of benzene rings is 2. The van der Waals surface area contributed by atoms with Gasteiger partial charge in [-0.05, 0) is 24.6 Å². The highest BCUT2D eigenvalue weighted by Crippen LogP contribution is 2.43. The van der Waals surface area contributed by atoms with Gasteiger partial charge >= 0.3 is 0 Å². The Labute approximate surface area is 176 Å². The summed E-state index contributed by atoms with van der Waals surface area (Å²) in [6.07, 6.45) is -9.49. The number of aliphatic hydroxyl groups is 3. The number of hydrogen-bond donors (Lipinski definition) is 6. The van der Waals surface area contributed by atoms with E-state index in [9.17, 15) is 35.4 Å². The molecule has 1 fully saturated rings. The van der Waals surface area contributed by atoms with Gasteiger partial charge in [0.05, 0.1) is 6.10 Å². The van der Waals surface area contributed by atoms with E-state index in [0.717, 1.165) is 6.07 Å². The SMILES string of the molecule is C[C@@H]1O[C@H](O[C@@H]2C(=O)c3c(O)cc(O)cc3O[C@@H]2c2ccc(O)cc2)[C@H](O)[C@@H](O)[C@@H]1O. The Bertz CT molecular complexity index is 975. The van der Waals surface area contributed by atoms with Crippen LogP contribution in [0.3, 0.4) is 0 Å². The van der Waals surface area contributed by atoms with Gasteiger partial charge in [0, 0.05) is 12.1 Å². The number of carbonyl (C=O) groups is 1. The molecule has 7 atom stereocenters. The van der Waals surface area contributed by atoms with Crippen molar-refractivity contribution < 1.29 is 49.6 Å². The van der Waals surface area contributed by atoms with Gasteiger partial charge in [0.2, 0.25) is 5.78 Å². The van der Waals surface area contributed by atoms with Gasteiger partial charge in [-0.25, -0.2) is 0 Å². The molecule has 2 heterocycles. The van der Waals surface area contributed by atoms with Crippen molar-refractivity contribution in [2.75, 3.05) is 0 Å². The fourth-order valence-corrected chi connectivity index (χ4v) is 3.72. The Kier molecular flexibility index (Phi) is 5.50. The lowest BCUT2D eigenvalue weighted by Gasteiger charge is -2.42. The number of ketones is 1. The smallest absolute Gasteiger partial charge is 0.203 e. The van der Waals surface area contributed by atoms with Crippen LogP contribution in [0.15, 0.2) is 36.4 Å². The number of fused-ring (bicyclic) bond motifs is 1. The standard InChI is InChI=1S/C21H22O10/c1-8-15(25)17(27)18(28)21(29-8)31-20-16(26)14-12(24)6-11(23)7-13(14)30-19(20)9-2-4-10(22)5-3-9/h2-8,15,17-25,27-28H,1H3/t8-,15+,17-,18+,19+,20+,21+/m0/s1. The van der Waals surface area contributed by atoms with Crippen LogP contribution >= 0.6 is 0 Å². The summed E-state index contributed by atoms with van der Waals surface area (Å²) in [5.41, 5.74) is 0.195. The Hall–Kier alpha value is -2.89. The van der Waals surface area contributed by atoms with Crippen molar-refractivity contribution in [3.63, 3.8) is 0 Å². The molecular weight excluding hydrogens is 412 g/mol. The van der Waals surface area contributed by atoms with Crippen molar-refractivity contribution in [1.29, 1.82) is 0 Å². The van der Waals surface area contributed by atoms with Crippen LogP contribution < -0.4 is 4.74 Å². The van der Waals surface area contributed by atoms with Crippen LogP contribution in [0.1, 0.15) is 28.9 Å². The number of aromatic hydroxyl groups is 3. The van der Waals surface area contributed by atoms with Crippen LogP contribution in [0.5, 0.6) is 23.0 Å². The number of carbonyl (C=O) groups excluding carboxylic acids is 1. The molecular formula is C21H22O10. The second kappa shape index (κ2) is 7.98. The first-order chi connectivity index (χ1) is 14.7. The van der Waals surface area contributed by atoms with E-state index >= 15 is 0 Å². The van der Waals surface area contributed by atoms with Crippen LogP contribution in [-0.4, -0.2) is 73.2 Å². The monoisotopic (exact) mass is 434 g/mol. The molecule has 0 saturated carbocycles. The highest BCUT2D eigenvalue weighted by Gasteiger charge is 2.48. The average Bonchev–Trinajstić information content (AvgIpc) is 2.72. The van der Waals surface area contributed by atoms with Crippen molar-refractivity contribution in [1.82, 2.24) is 0 Å². The first kappa shape index (κ1) is 21.3. The van der Waals surface area contributed by atoms with Gasteiger partial charge < -0.3 is 44.8 Å². The summed E-state index contributed by atoms with van der Waals surface area (Å²) in [7, 11) is 0. The van der Waals surface area contributed by atoms with E-state index < -0.39 is 54.4 Å². The van der Waals surface area contributed by atoms with Gasteiger partial charge in [-0.15, -0.1) is 0 Å². The van der Waals surface area contributed by atoms with Crippen molar-refractivity contribution in [2.24, 2.45) is 0 Å². The molecule has 4 rings (SSSR count). The molecule has 0 aliphatic carbocycles. The second-order valence-electron chi connectivity index (χ2n) is 7.57. The molecule has 2 aliphatic rings. The largest absolute Gasteiger partial charge is 0.508 e. The average molecular weight is 434 g/mol. The van der Waals surface area contributed by atoms with Crippen molar-refractivity contribution in [3.8, 4) is 23.0 Å². The molecule has 1 saturated heterocycles. The Balaban J connectivity index is 1.73. The molecule has 0 unspecified atom stereocenters. The van der Waals surface area contributed by atoms with Gasteiger partial charge in [-0.1, -0.05) is 12.1 Å². The van der Waals surface area contributed by atoms with E-state index in [0.29, 0.717) is 5.56 Å². The van der Waals surface area contributed by atoms with Gasteiger partial charge in [0.25, 0.3) is 0 Å². The van der Waals surface area contributed by atoms with E-state index in [1.54, 1.807) is 0 Å². The number of phenols is 3. The molecule has 2 aromatic rings. The fourth-order valence-electron chi connectivity index (χ4n) is 3.72. The zero-order valence-corrected chi connectivity index (χ0v) is 16.3. The lowest BCUT2D eigenvalue weighted by molar-refractivity contribution is -0.304. The Morgan fingerprint density at radius 3 is 2.26 bits per heavy atom. The molecule has 2 aliphatic heterocycles. The van der Waals surface area contributed by atoms with Crippen molar-refractivity contribution in [2.45, 2.75) is 49.8 Å². The van der Waals surface area contributed by atoms with Crippen LogP contribution in [0.4, 0.5) is 0 Å². The minimum absolute atomic E-state index is 0.0176. The molecule has 10 nitrogen and oxygen atoms in total. The van der Waals surface area contributed by atoms with Gasteiger partial charge in [-0.3, -0.25) is 4.79 Å². The van der Waals surface area contributed by atoms with Crippen molar-refractivity contribution in [3.05, 3.63) is 47.5 Å². The van der Waals surface area contributed by atoms with Gasteiger partial charge in [0.15, 0.2) is 18.5 Å². The molecule has 2 aromatic carbocycles. The van der Waals surface area contributed by atoms with E-state index in [-0.39, 0.29) is 22.8 Å². The summed E-state index contributed by atoms with van der Waals surface area (Å²) in [6, 6.07) is 7.90. The lowest BCUT2D eigenvalue weighted by atomic mass is 9.92. The quantitative estimate of drug-likeness (QED) is 0.396. The Morgan fingerprint density at radius 2 is 1.58 bits per heavy atom. The topological polar surface area (TPSA) is 166 Å². The summed E-state index contributed by atoms with van der Waals surface area (Å²) >= 11 is 0. The third-order valence-electron chi connectivity index (χ3n) is 5.41. The van der Waals surface area contributed by atoms with E-state index in [1.165, 1.54) is 37.3 Å². The van der Waals surface area contributed by atoms with Crippen LogP contribution in [-0.2, 0) is 9.47 Å². The number of rotatable bonds is 3. The van der Waals surface area contributed by atoms with E-state index in [2.05, 4.69) is 0 Å². The van der Waals surface area contributed by atoms with E-state index in [1.807, 2.05) is 0 Å². The van der Waals surface area contributed by atoms with Crippen molar-refractivity contribution >= 4 is 5.78 Å². The predicted molar refractivity (Wildman–Crippen MR) is 103 cm³/mol. The third kappa shape index (κ3) is 3.80. The molecule has 0 radical (unpaired) electrons. The molecule has 0 amide bonds. The first-order valence-corrected chi connectivity index (χ1v) is 9.58. The summed E-state index contributed by atoms with van der Waals surface area (Å²) in [5.74, 6) is -1.64. The maximum Gasteiger partial charge on any atom is 0.203 e. The molecule has 31 heavy (non-hydrogen) atoms. The maximum atomic E-state index is 13.3. The summed E-state index contributed by atoms with van der Waals surface area (Å²) in [5, 5.41) is 59.8. The van der Waals surface area contributed by atoms with Crippen LogP contribution in [0.25, 0.3) is 0 Å². The zero-order valence-electron chi connectivity index (χ0n) is 16.3.